The molecule has 3 aromatic rings. The molecule has 0 fully saturated rings. The van der Waals surface area contributed by atoms with Gasteiger partial charge >= 0.3 is 0 Å². The van der Waals surface area contributed by atoms with Crippen molar-refractivity contribution >= 4 is 11.6 Å². The number of hydrogen-bond acceptors (Lipinski definition) is 3. The largest absolute Gasteiger partial charge is 0.350 e. The first kappa shape index (κ1) is 15.3. The smallest absolute Gasteiger partial charge is 0.220 e. The first-order chi connectivity index (χ1) is 11.0. The number of nitrogens with one attached hydrogen (secondary N) is 2. The Hall–Kier alpha value is -2.63. The van der Waals surface area contributed by atoms with Crippen molar-refractivity contribution in [3.8, 4) is 0 Å². The summed E-state index contributed by atoms with van der Waals surface area (Å²) in [5.41, 5.74) is 6.03. The average Bonchev–Trinajstić information content (AvgIpc) is 3.09. The molecule has 6 nitrogen and oxygen atoms in total. The van der Waals surface area contributed by atoms with Gasteiger partial charge in [-0.3, -0.25) is 9.89 Å². The highest BCUT2D eigenvalue weighted by Gasteiger charge is 2.09. The van der Waals surface area contributed by atoms with E-state index in [0.29, 0.717) is 19.4 Å². The second-order valence-corrected chi connectivity index (χ2v) is 5.82. The van der Waals surface area contributed by atoms with Crippen molar-refractivity contribution in [1.29, 1.82) is 0 Å². The molecule has 0 atom stereocenters. The fourth-order valence-corrected chi connectivity index (χ4v) is 2.57. The van der Waals surface area contributed by atoms with Gasteiger partial charge in [-0.05, 0) is 38.5 Å². The lowest BCUT2D eigenvalue weighted by Crippen LogP contribution is -2.23. The number of nitrogens with zero attached hydrogens (tertiary/aromatic N) is 3. The van der Waals surface area contributed by atoms with E-state index in [1.165, 1.54) is 0 Å². The van der Waals surface area contributed by atoms with Crippen LogP contribution < -0.4 is 5.32 Å². The lowest BCUT2D eigenvalue weighted by atomic mass is 10.1. The predicted molar refractivity (Wildman–Crippen MR) is 88.2 cm³/mol. The number of carbonyl (C=O) groups excluding carboxylic acids is 1. The van der Waals surface area contributed by atoms with Crippen molar-refractivity contribution in [2.24, 2.45) is 0 Å². The maximum Gasteiger partial charge on any atom is 0.220 e. The van der Waals surface area contributed by atoms with Crippen LogP contribution in [-0.2, 0) is 17.8 Å². The first-order valence-corrected chi connectivity index (χ1v) is 7.75. The molecule has 0 saturated carbocycles. The minimum absolute atomic E-state index is 0.0128. The van der Waals surface area contributed by atoms with E-state index in [2.05, 4.69) is 20.5 Å². The Morgan fingerprint density at radius 1 is 1.30 bits per heavy atom. The van der Waals surface area contributed by atoms with E-state index in [4.69, 9.17) is 0 Å². The number of carbonyl (C=O) groups is 1. The number of H-pyrrole nitrogens is 1. The van der Waals surface area contributed by atoms with Crippen molar-refractivity contribution in [1.82, 2.24) is 24.9 Å². The highest BCUT2D eigenvalue weighted by Crippen LogP contribution is 2.11. The summed E-state index contributed by atoms with van der Waals surface area (Å²) < 4.78 is 2.03. The third kappa shape index (κ3) is 3.26. The minimum atomic E-state index is 0.0128. The van der Waals surface area contributed by atoms with E-state index in [9.17, 15) is 4.79 Å². The van der Waals surface area contributed by atoms with E-state index in [1.807, 2.05) is 49.6 Å². The first-order valence-electron chi connectivity index (χ1n) is 7.75. The number of imidazole rings is 1. The van der Waals surface area contributed by atoms with Crippen molar-refractivity contribution in [2.75, 3.05) is 0 Å². The molecule has 0 bridgehead atoms. The van der Waals surface area contributed by atoms with E-state index in [1.54, 1.807) is 0 Å². The molecule has 0 aliphatic rings. The van der Waals surface area contributed by atoms with Crippen molar-refractivity contribution in [3.63, 3.8) is 0 Å². The highest BCUT2D eigenvalue weighted by molar-refractivity contribution is 5.76. The van der Waals surface area contributed by atoms with Crippen LogP contribution in [0.25, 0.3) is 5.65 Å². The van der Waals surface area contributed by atoms with E-state index >= 15 is 0 Å². The lowest BCUT2D eigenvalue weighted by molar-refractivity contribution is -0.121. The molecule has 0 aromatic carbocycles. The van der Waals surface area contributed by atoms with Gasteiger partial charge in [0.2, 0.25) is 5.91 Å². The summed E-state index contributed by atoms with van der Waals surface area (Å²) in [6.45, 7) is 6.48. The molecule has 3 rings (SSSR count). The summed E-state index contributed by atoms with van der Waals surface area (Å²) in [6.07, 6.45) is 3.04. The molecule has 120 valence electrons. The van der Waals surface area contributed by atoms with Gasteiger partial charge in [-0.15, -0.1) is 0 Å². The third-order valence-electron chi connectivity index (χ3n) is 4.16. The zero-order chi connectivity index (χ0) is 16.4. The van der Waals surface area contributed by atoms with E-state index < -0.39 is 0 Å². The molecule has 0 unspecified atom stereocenters. The van der Waals surface area contributed by atoms with Crippen LogP contribution in [0.3, 0.4) is 0 Å². The fraction of sp³-hybridized carbons (Fsp3) is 0.353. The molecule has 3 aromatic heterocycles. The van der Waals surface area contributed by atoms with Crippen molar-refractivity contribution in [2.45, 2.75) is 40.2 Å². The molecular formula is C17H21N5O. The monoisotopic (exact) mass is 311 g/mol. The fourth-order valence-electron chi connectivity index (χ4n) is 2.57. The summed E-state index contributed by atoms with van der Waals surface area (Å²) >= 11 is 0. The van der Waals surface area contributed by atoms with Gasteiger partial charge in [0, 0.05) is 30.4 Å². The molecular weight excluding hydrogens is 290 g/mol. The summed E-state index contributed by atoms with van der Waals surface area (Å²) in [5.74, 6) is 0.0128. The quantitative estimate of drug-likeness (QED) is 0.759. The van der Waals surface area contributed by atoms with Crippen molar-refractivity contribution < 1.29 is 4.79 Å². The summed E-state index contributed by atoms with van der Waals surface area (Å²) in [4.78, 5) is 16.5. The molecule has 0 saturated heterocycles. The van der Waals surface area contributed by atoms with Crippen LogP contribution in [-0.4, -0.2) is 25.5 Å². The maximum absolute atomic E-state index is 12.0. The van der Waals surface area contributed by atoms with E-state index in [-0.39, 0.29) is 5.91 Å². The number of aromatic amines is 1. The van der Waals surface area contributed by atoms with Crippen LogP contribution >= 0.6 is 0 Å². The standard InChI is InChI=1S/C17H21N5O/c1-11-5-4-6-16-19-14(10-22(11)16)9-18-17(23)8-7-15-12(2)13(3)20-21-15/h4-6,10H,7-9H2,1-3H3,(H,18,23)(H,20,21). The summed E-state index contributed by atoms with van der Waals surface area (Å²) in [7, 11) is 0. The Bertz CT molecular complexity index is 846. The van der Waals surface area contributed by atoms with E-state index in [0.717, 1.165) is 34.0 Å². The molecule has 23 heavy (non-hydrogen) atoms. The molecule has 0 spiro atoms. The number of amides is 1. The highest BCUT2D eigenvalue weighted by atomic mass is 16.1. The van der Waals surface area contributed by atoms with Gasteiger partial charge in [-0.2, -0.15) is 5.10 Å². The Kier molecular flexibility index (Phi) is 4.14. The zero-order valence-electron chi connectivity index (χ0n) is 13.7. The lowest BCUT2D eigenvalue weighted by Gasteiger charge is -2.02. The predicted octanol–water partition coefficient (Wildman–Crippen LogP) is 2.23. The summed E-state index contributed by atoms with van der Waals surface area (Å²) in [6, 6.07) is 5.97. The average molecular weight is 311 g/mol. The van der Waals surface area contributed by atoms with Gasteiger partial charge in [0.25, 0.3) is 0 Å². The van der Waals surface area contributed by atoms with Crippen LogP contribution in [0.4, 0.5) is 0 Å². The second kappa shape index (κ2) is 6.24. The van der Waals surface area contributed by atoms with Gasteiger partial charge in [-0.1, -0.05) is 6.07 Å². The molecule has 2 N–H and O–H groups in total. The van der Waals surface area contributed by atoms with Gasteiger partial charge < -0.3 is 9.72 Å². The zero-order valence-corrected chi connectivity index (χ0v) is 13.7. The third-order valence-corrected chi connectivity index (χ3v) is 4.16. The molecule has 1 amide bonds. The van der Waals surface area contributed by atoms with Gasteiger partial charge in [-0.25, -0.2) is 4.98 Å². The van der Waals surface area contributed by atoms with Gasteiger partial charge in [0.15, 0.2) is 0 Å². The van der Waals surface area contributed by atoms with Gasteiger partial charge in [0.1, 0.15) is 5.65 Å². The number of hydrogen-bond donors (Lipinski definition) is 2. The topological polar surface area (TPSA) is 75.1 Å². The normalized spacial score (nSPS) is 11.1. The Morgan fingerprint density at radius 3 is 2.83 bits per heavy atom. The number of fused-ring (bicyclic) bond motifs is 1. The molecule has 0 aliphatic heterocycles. The number of aromatic nitrogens is 4. The van der Waals surface area contributed by atoms with Crippen LogP contribution in [0.5, 0.6) is 0 Å². The van der Waals surface area contributed by atoms with Crippen LogP contribution in [0.1, 0.15) is 34.8 Å². The second-order valence-electron chi connectivity index (χ2n) is 5.82. The number of pyridine rings is 1. The molecule has 0 radical (unpaired) electrons. The minimum Gasteiger partial charge on any atom is -0.350 e. The molecule has 6 heteroatoms. The number of aryl methyl sites for hydroxylation is 3. The molecule has 3 heterocycles. The van der Waals surface area contributed by atoms with Crippen LogP contribution in [0.2, 0.25) is 0 Å². The van der Waals surface area contributed by atoms with Gasteiger partial charge in [0.05, 0.1) is 17.9 Å². The SMILES string of the molecule is Cc1[nH]nc(CCC(=O)NCc2cn3c(C)cccc3n2)c1C. The molecule has 0 aliphatic carbocycles. The van der Waals surface area contributed by atoms with Crippen LogP contribution in [0.15, 0.2) is 24.4 Å². The maximum atomic E-state index is 12.0. The Balaban J connectivity index is 1.56. The Labute approximate surface area is 134 Å². The van der Waals surface area contributed by atoms with Crippen LogP contribution in [0, 0.1) is 20.8 Å². The van der Waals surface area contributed by atoms with Crippen molar-refractivity contribution in [3.05, 3.63) is 52.7 Å². The Morgan fingerprint density at radius 2 is 2.13 bits per heavy atom. The number of rotatable bonds is 5. The summed E-state index contributed by atoms with van der Waals surface area (Å²) in [5, 5.41) is 10.1.